The Hall–Kier alpha value is -1.33. The Morgan fingerprint density at radius 1 is 1.24 bits per heavy atom. The molecule has 2 aliphatic heterocycles. The summed E-state index contributed by atoms with van der Waals surface area (Å²) < 4.78 is 28.7. The lowest BCUT2D eigenvalue weighted by Gasteiger charge is -2.25. The zero-order chi connectivity index (χ0) is 20.0. The molecular formula is C20H31IN4O3S. The lowest BCUT2D eigenvalue weighted by Crippen LogP contribution is -2.43. The molecule has 3 rings (SSSR count). The van der Waals surface area contributed by atoms with Gasteiger partial charge in [0.2, 0.25) is 0 Å². The zero-order valence-corrected chi connectivity index (χ0v) is 20.2. The van der Waals surface area contributed by atoms with Crippen molar-refractivity contribution in [3.63, 3.8) is 0 Å². The van der Waals surface area contributed by atoms with E-state index >= 15 is 0 Å². The fourth-order valence-corrected chi connectivity index (χ4v) is 4.18. The number of guanidine groups is 1. The van der Waals surface area contributed by atoms with E-state index in [4.69, 9.17) is 9.73 Å². The van der Waals surface area contributed by atoms with Crippen LogP contribution in [-0.2, 0) is 9.84 Å². The van der Waals surface area contributed by atoms with Crippen LogP contribution < -0.4 is 10.1 Å². The number of rotatable bonds is 7. The highest BCUT2D eigenvalue weighted by atomic mass is 127. The number of hydrogen-bond donors (Lipinski definition) is 1. The predicted molar refractivity (Wildman–Crippen MR) is 127 cm³/mol. The first-order chi connectivity index (χ1) is 13.5. The van der Waals surface area contributed by atoms with Gasteiger partial charge in [0.25, 0.3) is 0 Å². The minimum absolute atomic E-state index is 0. The molecule has 0 bridgehead atoms. The molecule has 2 heterocycles. The molecule has 0 saturated carbocycles. The third-order valence-electron chi connectivity index (χ3n) is 5.03. The van der Waals surface area contributed by atoms with Crippen molar-refractivity contribution in [1.29, 1.82) is 0 Å². The molecule has 9 heteroatoms. The zero-order valence-electron chi connectivity index (χ0n) is 17.1. The maximum absolute atomic E-state index is 11.5. The van der Waals surface area contributed by atoms with Gasteiger partial charge < -0.3 is 15.0 Å². The van der Waals surface area contributed by atoms with Gasteiger partial charge in [-0.05, 0) is 37.6 Å². The molecule has 0 radical (unpaired) electrons. The average Bonchev–Trinajstić information content (AvgIpc) is 3.35. The molecule has 0 spiro atoms. The number of likely N-dealkylation sites (tertiary alicyclic amines) is 1. The molecule has 1 N–H and O–H groups in total. The maximum Gasteiger partial charge on any atom is 0.194 e. The number of nitrogens with one attached hydrogen (secondary N) is 1. The molecule has 1 saturated heterocycles. The number of halogens is 1. The van der Waals surface area contributed by atoms with Gasteiger partial charge in [-0.15, -0.1) is 24.0 Å². The van der Waals surface area contributed by atoms with Gasteiger partial charge in [0.15, 0.2) is 15.8 Å². The Morgan fingerprint density at radius 3 is 2.55 bits per heavy atom. The second-order valence-corrected chi connectivity index (χ2v) is 9.16. The highest BCUT2D eigenvalue weighted by Crippen LogP contribution is 2.18. The van der Waals surface area contributed by atoms with Crippen LogP contribution in [-0.4, -0.2) is 82.4 Å². The average molecular weight is 534 g/mol. The minimum Gasteiger partial charge on any atom is -0.492 e. The summed E-state index contributed by atoms with van der Waals surface area (Å²) in [4.78, 5) is 9.83. The molecule has 162 valence electrons. The second-order valence-electron chi connectivity index (χ2n) is 7.14. The van der Waals surface area contributed by atoms with Crippen molar-refractivity contribution in [3.05, 3.63) is 36.4 Å². The Morgan fingerprint density at radius 2 is 1.93 bits per heavy atom. The van der Waals surface area contributed by atoms with E-state index in [0.717, 1.165) is 45.1 Å². The topological polar surface area (TPSA) is 74.2 Å². The SMILES string of the molecule is CCNC(=NCCOc1ccc(S(C)(=O)=O)cc1)N1CCC(N2CC=CC2)C1.I. The van der Waals surface area contributed by atoms with Crippen molar-refractivity contribution in [2.24, 2.45) is 4.99 Å². The minimum atomic E-state index is -3.18. The van der Waals surface area contributed by atoms with Crippen LogP contribution in [0, 0.1) is 0 Å². The Labute approximate surface area is 191 Å². The Balaban J connectivity index is 0.00000300. The number of benzene rings is 1. The summed E-state index contributed by atoms with van der Waals surface area (Å²) in [6.45, 7) is 8.02. The van der Waals surface area contributed by atoms with Crippen molar-refractivity contribution in [2.75, 3.05) is 52.1 Å². The van der Waals surface area contributed by atoms with Crippen LogP contribution in [0.3, 0.4) is 0 Å². The maximum atomic E-state index is 11.5. The van der Waals surface area contributed by atoms with Gasteiger partial charge in [0, 0.05) is 45.0 Å². The quantitative estimate of drug-likeness (QED) is 0.190. The predicted octanol–water partition coefficient (Wildman–Crippen LogP) is 2.00. The fourth-order valence-electron chi connectivity index (χ4n) is 3.55. The van der Waals surface area contributed by atoms with Crippen molar-refractivity contribution >= 4 is 39.8 Å². The van der Waals surface area contributed by atoms with Gasteiger partial charge in [-0.3, -0.25) is 4.90 Å². The van der Waals surface area contributed by atoms with E-state index < -0.39 is 9.84 Å². The first-order valence-corrected chi connectivity index (χ1v) is 11.7. The summed E-state index contributed by atoms with van der Waals surface area (Å²) in [7, 11) is -3.18. The van der Waals surface area contributed by atoms with E-state index in [1.54, 1.807) is 24.3 Å². The summed E-state index contributed by atoms with van der Waals surface area (Å²) in [5, 5.41) is 3.38. The van der Waals surface area contributed by atoms with Crippen LogP contribution in [0.25, 0.3) is 0 Å². The van der Waals surface area contributed by atoms with E-state index in [2.05, 4.69) is 34.2 Å². The molecule has 1 atom stereocenters. The monoisotopic (exact) mass is 534 g/mol. The third-order valence-corrected chi connectivity index (χ3v) is 6.16. The number of hydrogen-bond acceptors (Lipinski definition) is 5. The number of sulfone groups is 1. The van der Waals surface area contributed by atoms with Gasteiger partial charge in [-0.25, -0.2) is 13.4 Å². The normalized spacial score (nSPS) is 20.0. The molecule has 1 aromatic carbocycles. The molecule has 0 aliphatic carbocycles. The van der Waals surface area contributed by atoms with Crippen LogP contribution in [0.5, 0.6) is 5.75 Å². The molecule has 1 unspecified atom stereocenters. The molecule has 1 fully saturated rings. The molecule has 2 aliphatic rings. The van der Waals surface area contributed by atoms with Crippen LogP contribution in [0.15, 0.2) is 46.3 Å². The number of nitrogens with zero attached hydrogens (tertiary/aromatic N) is 3. The summed E-state index contributed by atoms with van der Waals surface area (Å²) in [5.41, 5.74) is 0. The van der Waals surface area contributed by atoms with E-state index in [0.29, 0.717) is 29.8 Å². The van der Waals surface area contributed by atoms with E-state index in [1.807, 2.05) is 0 Å². The first-order valence-electron chi connectivity index (χ1n) is 9.82. The highest BCUT2D eigenvalue weighted by Gasteiger charge is 2.29. The van der Waals surface area contributed by atoms with E-state index in [1.165, 1.54) is 6.26 Å². The van der Waals surface area contributed by atoms with Gasteiger partial charge in [-0.2, -0.15) is 0 Å². The lowest BCUT2D eigenvalue weighted by atomic mass is 10.2. The summed E-state index contributed by atoms with van der Waals surface area (Å²) >= 11 is 0. The van der Waals surface area contributed by atoms with Crippen molar-refractivity contribution in [2.45, 2.75) is 24.3 Å². The lowest BCUT2D eigenvalue weighted by molar-refractivity contribution is 0.259. The molecule has 7 nitrogen and oxygen atoms in total. The van der Waals surface area contributed by atoms with Gasteiger partial charge in [-0.1, -0.05) is 12.2 Å². The van der Waals surface area contributed by atoms with Crippen molar-refractivity contribution < 1.29 is 13.2 Å². The fraction of sp³-hybridized carbons (Fsp3) is 0.550. The third kappa shape index (κ3) is 6.85. The summed E-state index contributed by atoms with van der Waals surface area (Å²) in [6, 6.07) is 7.08. The largest absolute Gasteiger partial charge is 0.492 e. The second kappa shape index (κ2) is 11.2. The number of ether oxygens (including phenoxy) is 1. The van der Waals surface area contributed by atoms with Crippen molar-refractivity contribution in [1.82, 2.24) is 15.1 Å². The first kappa shape index (κ1) is 23.9. The van der Waals surface area contributed by atoms with E-state index in [-0.39, 0.29) is 24.0 Å². The Bertz CT molecular complexity index is 804. The van der Waals surface area contributed by atoms with Gasteiger partial charge >= 0.3 is 0 Å². The summed E-state index contributed by atoms with van der Waals surface area (Å²) in [6.07, 6.45) is 6.84. The van der Waals surface area contributed by atoms with Gasteiger partial charge in [0.05, 0.1) is 11.4 Å². The van der Waals surface area contributed by atoms with Crippen LogP contribution >= 0.6 is 24.0 Å². The molecule has 0 amide bonds. The van der Waals surface area contributed by atoms with Crippen LogP contribution in [0.2, 0.25) is 0 Å². The molecule has 29 heavy (non-hydrogen) atoms. The standard InChI is InChI=1S/C20H30N4O3S.HI/c1-3-21-20(24-14-10-17(16-24)23-12-4-5-13-23)22-11-15-27-18-6-8-19(9-7-18)28(2,25)26;/h4-9,17H,3,10-16H2,1-2H3,(H,21,22);1H. The van der Waals surface area contributed by atoms with E-state index in [9.17, 15) is 8.42 Å². The van der Waals surface area contributed by atoms with Gasteiger partial charge in [0.1, 0.15) is 12.4 Å². The molecular weight excluding hydrogens is 503 g/mol. The number of aliphatic imine (C=N–C) groups is 1. The van der Waals surface area contributed by atoms with Crippen LogP contribution in [0.4, 0.5) is 0 Å². The highest BCUT2D eigenvalue weighted by molar-refractivity contribution is 14.0. The Kier molecular flexibility index (Phi) is 9.22. The van der Waals surface area contributed by atoms with Crippen LogP contribution in [0.1, 0.15) is 13.3 Å². The smallest absolute Gasteiger partial charge is 0.194 e. The molecule has 0 aromatic heterocycles. The van der Waals surface area contributed by atoms with Crippen molar-refractivity contribution in [3.8, 4) is 5.75 Å². The molecule has 1 aromatic rings. The summed E-state index contributed by atoms with van der Waals surface area (Å²) in [5.74, 6) is 1.59.